The van der Waals surface area contributed by atoms with Crippen molar-refractivity contribution >= 4 is 5.91 Å². The zero-order valence-electron chi connectivity index (χ0n) is 13.3. The third-order valence-electron chi connectivity index (χ3n) is 3.94. The molecule has 0 saturated carbocycles. The van der Waals surface area contributed by atoms with E-state index in [-0.39, 0.29) is 18.6 Å². The Morgan fingerprint density at radius 3 is 2.83 bits per heavy atom. The molecule has 0 spiro atoms. The number of ether oxygens (including phenoxy) is 2. The van der Waals surface area contributed by atoms with Gasteiger partial charge in [0.05, 0.1) is 13.2 Å². The molecule has 0 bridgehead atoms. The van der Waals surface area contributed by atoms with Crippen LogP contribution in [0.15, 0.2) is 54.6 Å². The van der Waals surface area contributed by atoms with E-state index < -0.39 is 0 Å². The molecule has 3 rings (SSSR count). The van der Waals surface area contributed by atoms with Gasteiger partial charge in [-0.2, -0.15) is 0 Å². The molecule has 1 saturated heterocycles. The fourth-order valence-electron chi connectivity index (χ4n) is 2.69. The summed E-state index contributed by atoms with van der Waals surface area (Å²) in [6, 6.07) is 17.7. The van der Waals surface area contributed by atoms with Gasteiger partial charge in [0.15, 0.2) is 6.61 Å². The molecule has 1 aliphatic heterocycles. The predicted molar refractivity (Wildman–Crippen MR) is 88.4 cm³/mol. The number of benzene rings is 2. The summed E-state index contributed by atoms with van der Waals surface area (Å²) in [6.45, 7) is 3.79. The van der Waals surface area contributed by atoms with Crippen LogP contribution in [-0.2, 0) is 9.53 Å². The number of carbonyl (C=O) groups excluding carboxylic acids is 1. The largest absolute Gasteiger partial charge is 0.484 e. The molecule has 0 aromatic heterocycles. The van der Waals surface area contributed by atoms with Gasteiger partial charge in [-0.3, -0.25) is 4.79 Å². The molecular formula is C19H21NO3. The minimum atomic E-state index is -0.0622. The molecular weight excluding hydrogens is 290 g/mol. The van der Waals surface area contributed by atoms with E-state index in [0.29, 0.717) is 19.7 Å². The van der Waals surface area contributed by atoms with E-state index in [0.717, 1.165) is 16.9 Å². The van der Waals surface area contributed by atoms with E-state index >= 15 is 0 Å². The van der Waals surface area contributed by atoms with Crippen LogP contribution in [0.2, 0.25) is 0 Å². The highest BCUT2D eigenvalue weighted by molar-refractivity contribution is 5.78. The van der Waals surface area contributed by atoms with Gasteiger partial charge < -0.3 is 14.4 Å². The smallest absolute Gasteiger partial charge is 0.260 e. The Hall–Kier alpha value is -2.33. The van der Waals surface area contributed by atoms with Crippen LogP contribution in [0.3, 0.4) is 0 Å². The van der Waals surface area contributed by atoms with E-state index in [1.165, 1.54) is 0 Å². The number of nitrogens with zero attached hydrogens (tertiary/aromatic N) is 1. The topological polar surface area (TPSA) is 38.8 Å². The Labute approximate surface area is 136 Å². The highest BCUT2D eigenvalue weighted by atomic mass is 16.5. The normalized spacial score (nSPS) is 17.8. The van der Waals surface area contributed by atoms with E-state index in [1.807, 2.05) is 66.4 Å². The highest BCUT2D eigenvalue weighted by Crippen LogP contribution is 2.22. The number of hydrogen-bond donors (Lipinski definition) is 0. The number of morpholine rings is 1. The van der Waals surface area contributed by atoms with Gasteiger partial charge in [0.1, 0.15) is 11.9 Å². The van der Waals surface area contributed by atoms with Gasteiger partial charge in [-0.05, 0) is 30.2 Å². The van der Waals surface area contributed by atoms with Gasteiger partial charge in [0.25, 0.3) is 5.91 Å². The first kappa shape index (κ1) is 15.6. The minimum absolute atomic E-state index is 0.00395. The van der Waals surface area contributed by atoms with Gasteiger partial charge >= 0.3 is 0 Å². The third-order valence-corrected chi connectivity index (χ3v) is 3.94. The summed E-state index contributed by atoms with van der Waals surface area (Å²) >= 11 is 0. The maximum Gasteiger partial charge on any atom is 0.260 e. The van der Waals surface area contributed by atoms with Crippen molar-refractivity contribution in [2.45, 2.75) is 13.0 Å². The molecule has 0 aliphatic carbocycles. The summed E-state index contributed by atoms with van der Waals surface area (Å²) in [5, 5.41) is 0. The second-order valence-corrected chi connectivity index (χ2v) is 5.72. The Bertz CT molecular complexity index is 657. The Balaban J connectivity index is 1.57. The van der Waals surface area contributed by atoms with E-state index in [1.54, 1.807) is 0 Å². The standard InChI is InChI=1S/C19H21NO3/c1-15-6-5-9-17(12-15)23-14-19(21)20-10-11-22-18(13-20)16-7-3-2-4-8-16/h2-9,12,18H,10-11,13-14H2,1H3. The number of rotatable bonds is 4. The molecule has 1 amide bonds. The van der Waals surface area contributed by atoms with Gasteiger partial charge in [0.2, 0.25) is 0 Å². The molecule has 4 nitrogen and oxygen atoms in total. The van der Waals surface area contributed by atoms with Crippen LogP contribution in [0.5, 0.6) is 5.75 Å². The summed E-state index contributed by atoms with van der Waals surface area (Å²) in [4.78, 5) is 14.2. The zero-order valence-corrected chi connectivity index (χ0v) is 13.3. The quantitative estimate of drug-likeness (QED) is 0.871. The minimum Gasteiger partial charge on any atom is -0.484 e. The Kier molecular flexibility index (Phi) is 4.93. The van der Waals surface area contributed by atoms with E-state index in [4.69, 9.17) is 9.47 Å². The second-order valence-electron chi connectivity index (χ2n) is 5.72. The number of aryl methyl sites for hydroxylation is 1. The van der Waals surface area contributed by atoms with Crippen molar-refractivity contribution in [1.82, 2.24) is 4.90 Å². The third kappa shape index (κ3) is 4.11. The van der Waals surface area contributed by atoms with Crippen LogP contribution in [0.25, 0.3) is 0 Å². The van der Waals surface area contributed by atoms with Gasteiger partial charge in [0, 0.05) is 6.54 Å². The molecule has 0 radical (unpaired) electrons. The molecule has 1 aliphatic rings. The first-order valence-corrected chi connectivity index (χ1v) is 7.86. The average molecular weight is 311 g/mol. The maximum absolute atomic E-state index is 12.4. The monoisotopic (exact) mass is 311 g/mol. The van der Waals surface area contributed by atoms with Crippen molar-refractivity contribution in [3.05, 3.63) is 65.7 Å². The summed E-state index contributed by atoms with van der Waals surface area (Å²) in [5.41, 5.74) is 2.22. The fraction of sp³-hybridized carbons (Fsp3) is 0.316. The zero-order chi connectivity index (χ0) is 16.1. The molecule has 4 heteroatoms. The van der Waals surface area contributed by atoms with Crippen LogP contribution in [0, 0.1) is 6.92 Å². The fourth-order valence-corrected chi connectivity index (χ4v) is 2.69. The lowest BCUT2D eigenvalue weighted by molar-refractivity contribution is -0.141. The number of hydrogen-bond acceptors (Lipinski definition) is 3. The first-order valence-electron chi connectivity index (χ1n) is 7.86. The van der Waals surface area contributed by atoms with Gasteiger partial charge in [-0.15, -0.1) is 0 Å². The predicted octanol–water partition coefficient (Wildman–Crippen LogP) is 2.97. The van der Waals surface area contributed by atoms with Crippen molar-refractivity contribution in [3.8, 4) is 5.75 Å². The molecule has 1 unspecified atom stereocenters. The van der Waals surface area contributed by atoms with Crippen molar-refractivity contribution < 1.29 is 14.3 Å². The van der Waals surface area contributed by atoms with Crippen LogP contribution < -0.4 is 4.74 Å². The highest BCUT2D eigenvalue weighted by Gasteiger charge is 2.25. The summed E-state index contributed by atoms with van der Waals surface area (Å²) in [7, 11) is 0. The lowest BCUT2D eigenvalue weighted by Crippen LogP contribution is -2.44. The number of carbonyl (C=O) groups is 1. The molecule has 1 fully saturated rings. The SMILES string of the molecule is Cc1cccc(OCC(=O)N2CCOC(c3ccccc3)C2)c1. The van der Waals surface area contributed by atoms with Crippen LogP contribution >= 0.6 is 0 Å². The van der Waals surface area contributed by atoms with Gasteiger partial charge in [-0.25, -0.2) is 0 Å². The molecule has 2 aromatic carbocycles. The van der Waals surface area contributed by atoms with Crippen molar-refractivity contribution in [3.63, 3.8) is 0 Å². The summed E-state index contributed by atoms with van der Waals surface area (Å²) in [5.74, 6) is 0.724. The molecule has 1 atom stereocenters. The van der Waals surface area contributed by atoms with E-state index in [9.17, 15) is 4.79 Å². The van der Waals surface area contributed by atoms with E-state index in [2.05, 4.69) is 0 Å². The van der Waals surface area contributed by atoms with Crippen molar-refractivity contribution in [2.75, 3.05) is 26.3 Å². The lowest BCUT2D eigenvalue weighted by atomic mass is 10.1. The summed E-state index contributed by atoms with van der Waals surface area (Å²) in [6.07, 6.45) is -0.0622. The van der Waals surface area contributed by atoms with Crippen LogP contribution in [0.4, 0.5) is 0 Å². The molecule has 120 valence electrons. The van der Waals surface area contributed by atoms with Gasteiger partial charge in [-0.1, -0.05) is 42.5 Å². The molecule has 23 heavy (non-hydrogen) atoms. The molecule has 0 N–H and O–H groups in total. The maximum atomic E-state index is 12.4. The van der Waals surface area contributed by atoms with Crippen molar-refractivity contribution in [1.29, 1.82) is 0 Å². The molecule has 2 aromatic rings. The van der Waals surface area contributed by atoms with Crippen molar-refractivity contribution in [2.24, 2.45) is 0 Å². The first-order chi connectivity index (χ1) is 11.2. The number of amides is 1. The lowest BCUT2D eigenvalue weighted by Gasteiger charge is -2.33. The second kappa shape index (κ2) is 7.29. The Morgan fingerprint density at radius 2 is 2.04 bits per heavy atom. The van der Waals surface area contributed by atoms with Crippen LogP contribution in [0.1, 0.15) is 17.2 Å². The Morgan fingerprint density at radius 1 is 1.22 bits per heavy atom. The molecule has 1 heterocycles. The van der Waals surface area contributed by atoms with Crippen LogP contribution in [-0.4, -0.2) is 37.1 Å². The average Bonchev–Trinajstić information content (AvgIpc) is 2.61. The summed E-state index contributed by atoms with van der Waals surface area (Å²) < 4.78 is 11.4.